The maximum Gasteiger partial charge on any atom is 0.0762 e. The summed E-state index contributed by atoms with van der Waals surface area (Å²) in [6, 6.07) is 2.05. The van der Waals surface area contributed by atoms with Crippen LogP contribution in [-0.4, -0.2) is 16.8 Å². The standard InChI is InChI=1S/C10H17N3/c1-3-4-5-7-13-8-6-10(12-13)9-11-2/h3,6,8,11H,1,4-5,7,9H2,2H3. The number of hydrogen-bond acceptors (Lipinski definition) is 2. The molecule has 0 aromatic carbocycles. The van der Waals surface area contributed by atoms with E-state index < -0.39 is 0 Å². The fourth-order valence-corrected chi connectivity index (χ4v) is 1.20. The second-order valence-corrected chi connectivity index (χ2v) is 3.03. The molecule has 1 rings (SSSR count). The average molecular weight is 179 g/mol. The molecule has 1 N–H and O–H groups in total. The van der Waals surface area contributed by atoms with E-state index in [0.717, 1.165) is 31.6 Å². The zero-order chi connectivity index (χ0) is 9.52. The van der Waals surface area contributed by atoms with Crippen molar-refractivity contribution in [3.63, 3.8) is 0 Å². The van der Waals surface area contributed by atoms with Gasteiger partial charge in [0.15, 0.2) is 0 Å². The molecule has 1 aromatic heterocycles. The van der Waals surface area contributed by atoms with Gasteiger partial charge in [0.25, 0.3) is 0 Å². The second kappa shape index (κ2) is 5.54. The molecule has 72 valence electrons. The molecule has 13 heavy (non-hydrogen) atoms. The van der Waals surface area contributed by atoms with E-state index in [2.05, 4.69) is 17.0 Å². The zero-order valence-electron chi connectivity index (χ0n) is 8.16. The van der Waals surface area contributed by atoms with Gasteiger partial charge in [0, 0.05) is 19.3 Å². The Kier molecular flexibility index (Phi) is 4.26. The largest absolute Gasteiger partial charge is 0.314 e. The molecular weight excluding hydrogens is 162 g/mol. The minimum atomic E-state index is 0.842. The first-order valence-electron chi connectivity index (χ1n) is 4.64. The van der Waals surface area contributed by atoms with Gasteiger partial charge in [-0.05, 0) is 26.0 Å². The van der Waals surface area contributed by atoms with Gasteiger partial charge in [-0.2, -0.15) is 5.10 Å². The Balaban J connectivity index is 2.35. The van der Waals surface area contributed by atoms with Gasteiger partial charge in [-0.1, -0.05) is 6.08 Å². The fourth-order valence-electron chi connectivity index (χ4n) is 1.20. The normalized spacial score (nSPS) is 10.2. The Morgan fingerprint density at radius 1 is 1.69 bits per heavy atom. The number of nitrogens with one attached hydrogen (secondary N) is 1. The first-order chi connectivity index (χ1) is 6.36. The van der Waals surface area contributed by atoms with Gasteiger partial charge in [-0.15, -0.1) is 6.58 Å². The molecular formula is C10H17N3. The summed E-state index contributed by atoms with van der Waals surface area (Å²) in [5.74, 6) is 0. The van der Waals surface area contributed by atoms with E-state index in [1.165, 1.54) is 0 Å². The quantitative estimate of drug-likeness (QED) is 0.530. The molecule has 0 spiro atoms. The van der Waals surface area contributed by atoms with Crippen LogP contribution in [0.15, 0.2) is 24.9 Å². The summed E-state index contributed by atoms with van der Waals surface area (Å²) >= 11 is 0. The molecule has 3 heteroatoms. The van der Waals surface area contributed by atoms with Gasteiger partial charge in [0.1, 0.15) is 0 Å². The molecule has 0 saturated carbocycles. The van der Waals surface area contributed by atoms with Crippen LogP contribution in [0, 0.1) is 0 Å². The number of allylic oxidation sites excluding steroid dienone is 1. The van der Waals surface area contributed by atoms with Crippen molar-refractivity contribution in [1.29, 1.82) is 0 Å². The number of rotatable bonds is 6. The van der Waals surface area contributed by atoms with Crippen LogP contribution in [0.2, 0.25) is 0 Å². The summed E-state index contributed by atoms with van der Waals surface area (Å²) in [6.45, 7) is 5.51. The smallest absolute Gasteiger partial charge is 0.0762 e. The highest BCUT2D eigenvalue weighted by Crippen LogP contribution is 1.98. The van der Waals surface area contributed by atoms with E-state index in [1.54, 1.807) is 0 Å². The van der Waals surface area contributed by atoms with Crippen LogP contribution in [0.3, 0.4) is 0 Å². The predicted molar refractivity (Wildman–Crippen MR) is 54.4 cm³/mol. The van der Waals surface area contributed by atoms with Crippen LogP contribution >= 0.6 is 0 Å². The predicted octanol–water partition coefficient (Wildman–Crippen LogP) is 1.57. The van der Waals surface area contributed by atoms with E-state index in [-0.39, 0.29) is 0 Å². The van der Waals surface area contributed by atoms with Crippen LogP contribution in [0.25, 0.3) is 0 Å². The minimum Gasteiger partial charge on any atom is -0.314 e. The number of aromatic nitrogens is 2. The third kappa shape index (κ3) is 3.42. The molecule has 0 atom stereocenters. The Bertz CT molecular complexity index is 252. The van der Waals surface area contributed by atoms with E-state index in [4.69, 9.17) is 0 Å². The van der Waals surface area contributed by atoms with Gasteiger partial charge in [-0.3, -0.25) is 4.68 Å². The Labute approximate surface area is 79.5 Å². The SMILES string of the molecule is C=CCCCn1ccc(CNC)n1. The zero-order valence-corrected chi connectivity index (χ0v) is 8.16. The lowest BCUT2D eigenvalue weighted by Crippen LogP contribution is -2.07. The van der Waals surface area contributed by atoms with Crippen molar-refractivity contribution in [3.05, 3.63) is 30.6 Å². The summed E-state index contributed by atoms with van der Waals surface area (Å²) in [5, 5.41) is 7.46. The van der Waals surface area contributed by atoms with Crippen LogP contribution in [-0.2, 0) is 13.1 Å². The maximum atomic E-state index is 4.39. The highest BCUT2D eigenvalue weighted by molar-refractivity contribution is 4.98. The van der Waals surface area contributed by atoms with Crippen molar-refractivity contribution >= 4 is 0 Å². The van der Waals surface area contributed by atoms with Crippen LogP contribution in [0.1, 0.15) is 18.5 Å². The lowest BCUT2D eigenvalue weighted by atomic mass is 10.3. The second-order valence-electron chi connectivity index (χ2n) is 3.03. The molecule has 0 radical (unpaired) electrons. The van der Waals surface area contributed by atoms with E-state index in [9.17, 15) is 0 Å². The maximum absolute atomic E-state index is 4.39. The lowest BCUT2D eigenvalue weighted by Gasteiger charge is -1.98. The molecule has 0 aliphatic carbocycles. The van der Waals surface area contributed by atoms with Crippen LogP contribution in [0.5, 0.6) is 0 Å². The molecule has 3 nitrogen and oxygen atoms in total. The monoisotopic (exact) mass is 179 g/mol. The number of nitrogens with zero attached hydrogens (tertiary/aromatic N) is 2. The molecule has 0 saturated heterocycles. The molecule has 0 fully saturated rings. The van der Waals surface area contributed by atoms with E-state index in [0.29, 0.717) is 0 Å². The van der Waals surface area contributed by atoms with Gasteiger partial charge in [-0.25, -0.2) is 0 Å². The number of hydrogen-bond donors (Lipinski definition) is 1. The Morgan fingerprint density at radius 2 is 2.54 bits per heavy atom. The van der Waals surface area contributed by atoms with Crippen molar-refractivity contribution in [2.75, 3.05) is 7.05 Å². The van der Waals surface area contributed by atoms with E-state index in [1.807, 2.05) is 30.1 Å². The molecule has 0 aliphatic rings. The lowest BCUT2D eigenvalue weighted by molar-refractivity contribution is 0.573. The van der Waals surface area contributed by atoms with Gasteiger partial charge < -0.3 is 5.32 Å². The molecule has 0 amide bonds. The number of aryl methyl sites for hydroxylation is 1. The highest BCUT2D eigenvalue weighted by atomic mass is 15.3. The van der Waals surface area contributed by atoms with Crippen LogP contribution < -0.4 is 5.32 Å². The van der Waals surface area contributed by atoms with Gasteiger partial charge in [0.2, 0.25) is 0 Å². The summed E-state index contributed by atoms with van der Waals surface area (Å²) in [4.78, 5) is 0. The van der Waals surface area contributed by atoms with Crippen molar-refractivity contribution in [3.8, 4) is 0 Å². The van der Waals surface area contributed by atoms with Crippen molar-refractivity contribution in [2.24, 2.45) is 0 Å². The minimum absolute atomic E-state index is 0.842. The molecule has 0 bridgehead atoms. The van der Waals surface area contributed by atoms with Gasteiger partial charge >= 0.3 is 0 Å². The Morgan fingerprint density at radius 3 is 3.23 bits per heavy atom. The topological polar surface area (TPSA) is 29.9 Å². The third-order valence-electron chi connectivity index (χ3n) is 1.85. The highest BCUT2D eigenvalue weighted by Gasteiger charge is 1.96. The first-order valence-corrected chi connectivity index (χ1v) is 4.64. The number of unbranched alkanes of at least 4 members (excludes halogenated alkanes) is 1. The molecule has 0 aliphatic heterocycles. The Hall–Kier alpha value is -1.09. The average Bonchev–Trinajstić information content (AvgIpc) is 2.54. The van der Waals surface area contributed by atoms with Gasteiger partial charge in [0.05, 0.1) is 5.69 Å². The third-order valence-corrected chi connectivity index (χ3v) is 1.85. The van der Waals surface area contributed by atoms with Crippen LogP contribution in [0.4, 0.5) is 0 Å². The summed E-state index contributed by atoms with van der Waals surface area (Å²) < 4.78 is 1.98. The van der Waals surface area contributed by atoms with Crippen molar-refractivity contribution in [1.82, 2.24) is 15.1 Å². The fraction of sp³-hybridized carbons (Fsp3) is 0.500. The first kappa shape index (κ1) is 9.99. The molecule has 0 unspecified atom stereocenters. The van der Waals surface area contributed by atoms with Crippen molar-refractivity contribution < 1.29 is 0 Å². The van der Waals surface area contributed by atoms with E-state index >= 15 is 0 Å². The summed E-state index contributed by atoms with van der Waals surface area (Å²) in [5.41, 5.74) is 1.10. The molecule has 1 heterocycles. The molecule has 1 aromatic rings. The summed E-state index contributed by atoms with van der Waals surface area (Å²) in [6.07, 6.45) is 6.14. The van der Waals surface area contributed by atoms with Crippen molar-refractivity contribution in [2.45, 2.75) is 25.9 Å². The summed E-state index contributed by atoms with van der Waals surface area (Å²) in [7, 11) is 1.93.